The molecule has 7 N–H and O–H groups in total. The molecule has 1 aliphatic rings. The minimum atomic E-state index is -1.44. The molecule has 5 atom stereocenters. The Hall–Kier alpha value is -4.82. The molecule has 5 amide bonds. The Morgan fingerprint density at radius 3 is 2.04 bits per heavy atom. The maximum absolute atomic E-state index is 13.0. The molecule has 0 aromatic heterocycles. The number of carboxylic acids is 1. The summed E-state index contributed by atoms with van der Waals surface area (Å²) < 4.78 is 5.20. The van der Waals surface area contributed by atoms with Gasteiger partial charge in [0.2, 0.25) is 11.8 Å². The average Bonchev–Trinajstić information content (AvgIpc) is 3.81. The summed E-state index contributed by atoms with van der Waals surface area (Å²) >= 11 is 0. The molecule has 2 aromatic carbocycles. The molecular weight excluding hydrogens is 596 g/mol. The van der Waals surface area contributed by atoms with Crippen LogP contribution in [0.4, 0.5) is 0 Å². The third-order valence-electron chi connectivity index (χ3n) is 7.29. The van der Waals surface area contributed by atoms with E-state index in [1.165, 1.54) is 12.5 Å². The Kier molecular flexibility index (Phi) is 13.2. The maximum Gasteiger partial charge on any atom is 0.325 e. The zero-order valence-corrected chi connectivity index (χ0v) is 26.1. The fourth-order valence-electron chi connectivity index (χ4n) is 4.71. The Balaban J connectivity index is 1.53. The first-order valence-corrected chi connectivity index (χ1v) is 15.1. The highest BCUT2D eigenvalue weighted by molar-refractivity contribution is 5.98. The van der Waals surface area contributed by atoms with E-state index in [0.29, 0.717) is 11.6 Å². The van der Waals surface area contributed by atoms with Gasteiger partial charge in [-0.05, 0) is 43.4 Å². The van der Waals surface area contributed by atoms with Gasteiger partial charge in [-0.1, -0.05) is 74.5 Å². The number of epoxide rings is 1. The van der Waals surface area contributed by atoms with Crippen molar-refractivity contribution in [3.05, 3.63) is 71.8 Å². The number of primary amides is 1. The highest BCUT2D eigenvalue weighted by atomic mass is 16.6. The summed E-state index contributed by atoms with van der Waals surface area (Å²) in [6.07, 6.45) is -0.991. The molecule has 1 saturated heterocycles. The van der Waals surface area contributed by atoms with Gasteiger partial charge in [-0.25, -0.2) is 5.01 Å². The summed E-state index contributed by atoms with van der Waals surface area (Å²) in [5, 5.41) is 18.1. The molecule has 1 fully saturated rings. The molecular formula is C32H42N6O8. The minimum Gasteiger partial charge on any atom is -0.480 e. The number of carboxylic acid groups (broad SMARTS) is 1. The van der Waals surface area contributed by atoms with Crippen molar-refractivity contribution in [2.75, 3.05) is 13.1 Å². The predicted molar refractivity (Wildman–Crippen MR) is 166 cm³/mol. The van der Waals surface area contributed by atoms with Gasteiger partial charge in [-0.15, -0.1) is 0 Å². The molecule has 0 bridgehead atoms. The van der Waals surface area contributed by atoms with Gasteiger partial charge in [-0.2, -0.15) is 0 Å². The fraction of sp³-hybridized carbons (Fsp3) is 0.438. The Bertz CT molecular complexity index is 1370. The van der Waals surface area contributed by atoms with Crippen LogP contribution in [0.25, 0.3) is 0 Å². The smallest absolute Gasteiger partial charge is 0.325 e. The van der Waals surface area contributed by atoms with Crippen LogP contribution in [-0.4, -0.2) is 89.0 Å². The van der Waals surface area contributed by atoms with E-state index in [1.54, 1.807) is 30.3 Å². The number of benzene rings is 2. The molecule has 0 spiro atoms. The lowest BCUT2D eigenvalue weighted by Gasteiger charge is -2.26. The molecule has 14 nitrogen and oxygen atoms in total. The van der Waals surface area contributed by atoms with Crippen molar-refractivity contribution in [1.82, 2.24) is 26.4 Å². The lowest BCUT2D eigenvalue weighted by molar-refractivity contribution is -0.151. The summed E-state index contributed by atoms with van der Waals surface area (Å²) in [6.45, 7) is 4.75. The van der Waals surface area contributed by atoms with Gasteiger partial charge in [0, 0.05) is 6.42 Å². The van der Waals surface area contributed by atoms with E-state index in [1.807, 2.05) is 44.2 Å². The van der Waals surface area contributed by atoms with Crippen LogP contribution in [0, 0.1) is 5.92 Å². The summed E-state index contributed by atoms with van der Waals surface area (Å²) in [5.41, 5.74) is 9.57. The maximum atomic E-state index is 13.0. The van der Waals surface area contributed by atoms with E-state index in [4.69, 9.17) is 10.5 Å². The second kappa shape index (κ2) is 17.0. The van der Waals surface area contributed by atoms with Crippen molar-refractivity contribution in [3.8, 4) is 0 Å². The quantitative estimate of drug-likeness (QED) is 0.0759. The second-order valence-corrected chi connectivity index (χ2v) is 11.4. The van der Waals surface area contributed by atoms with Crippen LogP contribution in [0.15, 0.2) is 60.7 Å². The zero-order valence-electron chi connectivity index (χ0n) is 26.1. The number of nitrogens with one attached hydrogen (secondary N) is 4. The number of hydrazine groups is 1. The van der Waals surface area contributed by atoms with E-state index in [0.717, 1.165) is 18.4 Å². The fourth-order valence-corrected chi connectivity index (χ4v) is 4.71. The zero-order chi connectivity index (χ0) is 33.8. The summed E-state index contributed by atoms with van der Waals surface area (Å²) in [7, 11) is 0. The van der Waals surface area contributed by atoms with Crippen molar-refractivity contribution < 1.29 is 38.6 Å². The van der Waals surface area contributed by atoms with E-state index in [9.17, 15) is 33.9 Å². The summed E-state index contributed by atoms with van der Waals surface area (Å²) in [6, 6.07) is 15.9. The van der Waals surface area contributed by atoms with Gasteiger partial charge < -0.3 is 31.5 Å². The lowest BCUT2D eigenvalue weighted by atomic mass is 10.0. The van der Waals surface area contributed by atoms with E-state index < -0.39 is 72.4 Å². The summed E-state index contributed by atoms with van der Waals surface area (Å²) in [4.78, 5) is 75.2. The van der Waals surface area contributed by atoms with Crippen LogP contribution in [0.3, 0.4) is 0 Å². The van der Waals surface area contributed by atoms with Gasteiger partial charge in [0.25, 0.3) is 17.7 Å². The van der Waals surface area contributed by atoms with E-state index in [2.05, 4.69) is 21.4 Å². The van der Waals surface area contributed by atoms with Gasteiger partial charge >= 0.3 is 5.97 Å². The minimum absolute atomic E-state index is 0.103. The first kappa shape index (κ1) is 35.7. The van der Waals surface area contributed by atoms with Crippen molar-refractivity contribution in [1.29, 1.82) is 0 Å². The standard InChI is InChI=1S/C32H42N6O8/c1-19(2)25(34-16-10-15-21-11-6-4-7-12-21)30(43)35-20(3)29(42)37-38(18-24(39)40)32(45)27-26(46-27)31(44)36-23(28(33)41)17-22-13-8-5-9-14-22/h4-9,11-14,19-20,23,25-27,34H,10,15-18H2,1-3H3,(H2,33,41)(H,35,43)(H,36,44)(H,37,42)(H,39,40)/t20-,23-,25-,26-,27-/m0/s1. The molecule has 0 aliphatic carbocycles. The molecule has 3 rings (SSSR count). The van der Waals surface area contributed by atoms with Gasteiger partial charge in [0.1, 0.15) is 18.6 Å². The van der Waals surface area contributed by atoms with Crippen molar-refractivity contribution in [3.63, 3.8) is 0 Å². The number of nitrogens with two attached hydrogens (primary N) is 1. The van der Waals surface area contributed by atoms with Crippen molar-refractivity contribution in [2.45, 2.75) is 70.4 Å². The summed E-state index contributed by atoms with van der Waals surface area (Å²) in [5.74, 6) is -5.41. The number of rotatable bonds is 17. The van der Waals surface area contributed by atoms with E-state index >= 15 is 0 Å². The highest BCUT2D eigenvalue weighted by Gasteiger charge is 2.53. The number of nitrogens with zero attached hydrogens (tertiary/aromatic N) is 1. The van der Waals surface area contributed by atoms with Crippen LogP contribution >= 0.6 is 0 Å². The molecule has 0 radical (unpaired) electrons. The van der Waals surface area contributed by atoms with Crippen molar-refractivity contribution >= 4 is 35.5 Å². The van der Waals surface area contributed by atoms with Gasteiger partial charge in [0.05, 0.1) is 6.04 Å². The Labute approximate surface area is 267 Å². The van der Waals surface area contributed by atoms with Crippen LogP contribution in [0.5, 0.6) is 0 Å². The molecule has 2 aromatic rings. The number of amides is 5. The largest absolute Gasteiger partial charge is 0.480 e. The first-order chi connectivity index (χ1) is 21.9. The van der Waals surface area contributed by atoms with Crippen LogP contribution in [-0.2, 0) is 46.3 Å². The first-order valence-electron chi connectivity index (χ1n) is 15.1. The predicted octanol–water partition coefficient (Wildman–Crippen LogP) is -0.337. The highest BCUT2D eigenvalue weighted by Crippen LogP contribution is 2.24. The molecule has 14 heteroatoms. The molecule has 0 saturated carbocycles. The SMILES string of the molecule is CC(C)[C@H](NCCCc1ccccc1)C(=O)N[C@@H](C)C(=O)NN(CC(=O)O)C(=O)[C@H]1O[C@@H]1C(=O)N[C@@H](Cc1ccccc1)C(N)=O. The molecule has 46 heavy (non-hydrogen) atoms. The number of aryl methyl sites for hydroxylation is 1. The van der Waals surface area contributed by atoms with Crippen LogP contribution in [0.2, 0.25) is 0 Å². The average molecular weight is 639 g/mol. The topological polar surface area (TPSA) is 213 Å². The second-order valence-electron chi connectivity index (χ2n) is 11.4. The lowest BCUT2D eigenvalue weighted by Crippen LogP contribution is -2.58. The Morgan fingerprint density at radius 2 is 1.48 bits per heavy atom. The van der Waals surface area contributed by atoms with E-state index in [-0.39, 0.29) is 12.3 Å². The number of ether oxygens (including phenoxy) is 1. The third-order valence-corrected chi connectivity index (χ3v) is 7.29. The number of carbonyl (C=O) groups is 6. The van der Waals surface area contributed by atoms with Gasteiger partial charge in [0.15, 0.2) is 12.2 Å². The van der Waals surface area contributed by atoms with Crippen LogP contribution in [0.1, 0.15) is 38.3 Å². The Morgan fingerprint density at radius 1 is 0.870 bits per heavy atom. The molecule has 0 unspecified atom stereocenters. The monoisotopic (exact) mass is 638 g/mol. The van der Waals surface area contributed by atoms with Crippen LogP contribution < -0.4 is 27.1 Å². The number of aliphatic carboxylic acids is 1. The normalized spacial score (nSPS) is 17.2. The number of hydrogen-bond acceptors (Lipinski definition) is 8. The molecule has 1 aliphatic heterocycles. The third kappa shape index (κ3) is 11.0. The van der Waals surface area contributed by atoms with Gasteiger partial charge in [-0.3, -0.25) is 34.2 Å². The molecule has 1 heterocycles. The van der Waals surface area contributed by atoms with Crippen molar-refractivity contribution in [2.24, 2.45) is 11.7 Å². The molecule has 248 valence electrons. The number of hydrogen-bond donors (Lipinski definition) is 6. The number of carbonyl (C=O) groups excluding carboxylic acids is 5.